The summed E-state index contributed by atoms with van der Waals surface area (Å²) in [5.41, 5.74) is -3.94. The van der Waals surface area contributed by atoms with E-state index < -0.39 is 52.6 Å². The third-order valence-electron chi connectivity index (χ3n) is 6.00. The molecule has 3 aromatic carbocycles. The monoisotopic (exact) mass is 552 g/mol. The third-order valence-corrected chi connectivity index (χ3v) is 6.00. The van der Waals surface area contributed by atoms with Crippen molar-refractivity contribution in [3.8, 4) is 5.69 Å². The predicted molar refractivity (Wildman–Crippen MR) is 129 cm³/mol. The summed E-state index contributed by atoms with van der Waals surface area (Å²) in [6.07, 6.45) is -10.2. The lowest BCUT2D eigenvalue weighted by Crippen LogP contribution is -2.37. The molecule has 4 aromatic rings. The van der Waals surface area contributed by atoms with Crippen molar-refractivity contribution in [2.75, 3.05) is 12.4 Å². The Morgan fingerprint density at radius 3 is 2.05 bits per heavy atom. The van der Waals surface area contributed by atoms with Gasteiger partial charge >= 0.3 is 18.4 Å². The second kappa shape index (κ2) is 10.0. The fourth-order valence-electron chi connectivity index (χ4n) is 3.86. The first-order valence-corrected chi connectivity index (χ1v) is 11.3. The molecule has 1 unspecified atom stereocenters. The van der Waals surface area contributed by atoms with E-state index in [2.05, 4.69) is 10.3 Å². The minimum absolute atomic E-state index is 0.0166. The number of rotatable bonds is 4. The number of hydrogen-bond acceptors (Lipinski definition) is 3. The average molecular weight is 552 g/mol. The molecule has 0 bridgehead atoms. The van der Waals surface area contributed by atoms with Crippen molar-refractivity contribution in [2.24, 2.45) is 0 Å². The van der Waals surface area contributed by atoms with Gasteiger partial charge < -0.3 is 10.2 Å². The van der Waals surface area contributed by atoms with E-state index in [9.17, 15) is 40.3 Å². The molecule has 13 heteroatoms. The van der Waals surface area contributed by atoms with Crippen molar-refractivity contribution in [3.05, 3.63) is 99.9 Å². The van der Waals surface area contributed by atoms with Crippen molar-refractivity contribution in [2.45, 2.75) is 25.3 Å². The van der Waals surface area contributed by atoms with Gasteiger partial charge in [-0.2, -0.15) is 26.3 Å². The first-order valence-electron chi connectivity index (χ1n) is 11.3. The van der Waals surface area contributed by atoms with Crippen LogP contribution in [0.1, 0.15) is 29.9 Å². The van der Waals surface area contributed by atoms with Gasteiger partial charge in [0.05, 0.1) is 33.8 Å². The molecule has 6 nitrogen and oxygen atoms in total. The van der Waals surface area contributed by atoms with E-state index in [1.165, 1.54) is 32.2 Å². The van der Waals surface area contributed by atoms with Gasteiger partial charge in [-0.1, -0.05) is 12.1 Å². The number of anilines is 1. The maximum atomic E-state index is 13.6. The van der Waals surface area contributed by atoms with Crippen LogP contribution in [0.3, 0.4) is 0 Å². The quantitative estimate of drug-likeness (QED) is 0.284. The fraction of sp³-hybridized carbons (Fsp3) is 0.192. The van der Waals surface area contributed by atoms with Crippen LogP contribution in [0.4, 0.5) is 41.2 Å². The molecule has 0 spiro atoms. The number of alkyl halides is 6. The smallest absolute Gasteiger partial charge is 0.318 e. The molecule has 0 aliphatic rings. The van der Waals surface area contributed by atoms with Crippen LogP contribution in [0.2, 0.25) is 0 Å². The van der Waals surface area contributed by atoms with Crippen molar-refractivity contribution < 1.29 is 35.5 Å². The molecule has 0 aliphatic heterocycles. The first-order chi connectivity index (χ1) is 18.2. The minimum Gasteiger partial charge on any atom is -0.318 e. The van der Waals surface area contributed by atoms with Gasteiger partial charge in [0.15, 0.2) is 0 Å². The van der Waals surface area contributed by atoms with E-state index >= 15 is 0 Å². The molecule has 4 rings (SSSR count). The molecular weight excluding hydrogens is 533 g/mol. The van der Waals surface area contributed by atoms with Gasteiger partial charge in [0.25, 0.3) is 5.56 Å². The summed E-state index contributed by atoms with van der Waals surface area (Å²) >= 11 is 0. The molecule has 2 amide bonds. The Balaban J connectivity index is 1.75. The van der Waals surface area contributed by atoms with Gasteiger partial charge in [0.2, 0.25) is 0 Å². The van der Waals surface area contributed by atoms with Gasteiger partial charge in [-0.25, -0.2) is 14.2 Å². The zero-order valence-corrected chi connectivity index (χ0v) is 20.2. The van der Waals surface area contributed by atoms with Gasteiger partial charge in [0, 0.05) is 12.7 Å². The molecular formula is C26H19F7N4O2. The van der Waals surface area contributed by atoms with E-state index in [0.29, 0.717) is 12.1 Å². The van der Waals surface area contributed by atoms with Crippen LogP contribution in [0.5, 0.6) is 0 Å². The lowest BCUT2D eigenvalue weighted by Gasteiger charge is -2.27. The molecule has 0 aliphatic carbocycles. The molecule has 0 fully saturated rings. The summed E-state index contributed by atoms with van der Waals surface area (Å²) in [7, 11) is 1.23. The number of aromatic nitrogens is 2. The lowest BCUT2D eigenvalue weighted by molar-refractivity contribution is -0.143. The Bertz CT molecular complexity index is 1560. The van der Waals surface area contributed by atoms with Gasteiger partial charge in [-0.05, 0) is 61.5 Å². The number of carbonyl (C=O) groups excluding carboxylic acids is 1. The van der Waals surface area contributed by atoms with Crippen LogP contribution in [0.25, 0.3) is 16.6 Å². The summed E-state index contributed by atoms with van der Waals surface area (Å²) in [5, 5.41) is 2.29. The van der Waals surface area contributed by atoms with Crippen molar-refractivity contribution >= 4 is 22.6 Å². The zero-order valence-electron chi connectivity index (χ0n) is 20.2. The minimum atomic E-state index is -5.10. The highest BCUT2D eigenvalue weighted by Crippen LogP contribution is 2.37. The second-order valence-electron chi connectivity index (χ2n) is 8.62. The highest BCUT2D eigenvalue weighted by atomic mass is 19.4. The molecule has 39 heavy (non-hydrogen) atoms. The van der Waals surface area contributed by atoms with Gasteiger partial charge in [-0.3, -0.25) is 9.36 Å². The summed E-state index contributed by atoms with van der Waals surface area (Å²) < 4.78 is 94.0. The molecule has 0 radical (unpaired) electrons. The summed E-state index contributed by atoms with van der Waals surface area (Å²) in [5.74, 6) is -0.547. The maximum Gasteiger partial charge on any atom is 0.416 e. The molecule has 204 valence electrons. The number of halogens is 7. The number of urea groups is 1. The molecule has 1 heterocycles. The highest BCUT2D eigenvalue weighted by Gasteiger charge is 2.37. The fourth-order valence-corrected chi connectivity index (χ4v) is 3.86. The zero-order chi connectivity index (χ0) is 28.7. The molecule has 1 atom stereocenters. The summed E-state index contributed by atoms with van der Waals surface area (Å²) in [4.78, 5) is 31.8. The molecule has 1 aromatic heterocycles. The van der Waals surface area contributed by atoms with E-state index in [4.69, 9.17) is 0 Å². The van der Waals surface area contributed by atoms with Crippen molar-refractivity contribution in [3.63, 3.8) is 0 Å². The molecule has 0 saturated carbocycles. The normalized spacial score (nSPS) is 12.8. The number of amides is 2. The SMILES string of the molecule is CC(c1nc2ccccc2c(=O)n1-c1ccc(F)cc1)N(C)C(=O)Nc1cc(C(F)(F)F)cc(C(F)(F)F)c1. The Kier molecular flexibility index (Phi) is 7.11. The Labute approximate surface area is 216 Å². The highest BCUT2D eigenvalue weighted by molar-refractivity contribution is 5.89. The topological polar surface area (TPSA) is 67.2 Å². The Hall–Kier alpha value is -4.42. The Morgan fingerprint density at radius 2 is 1.49 bits per heavy atom. The van der Waals surface area contributed by atoms with Crippen LogP contribution in [0, 0.1) is 5.82 Å². The number of para-hydroxylation sites is 1. The van der Waals surface area contributed by atoms with Gasteiger partial charge in [-0.15, -0.1) is 0 Å². The van der Waals surface area contributed by atoms with E-state index in [0.717, 1.165) is 21.6 Å². The summed E-state index contributed by atoms with van der Waals surface area (Å²) in [6, 6.07) is 9.84. The van der Waals surface area contributed by atoms with Crippen LogP contribution >= 0.6 is 0 Å². The van der Waals surface area contributed by atoms with E-state index in [-0.39, 0.29) is 28.5 Å². The van der Waals surface area contributed by atoms with Crippen LogP contribution < -0.4 is 10.9 Å². The number of fused-ring (bicyclic) bond motifs is 1. The standard InChI is InChI=1S/C26H19F7N4O2/c1-14(36(2)24(39)34-18-12-15(25(28,29)30)11-16(13-18)26(31,32)33)22-35-21-6-4-3-5-20(21)23(38)37(22)19-9-7-17(27)8-10-19/h3-14H,1-2H3,(H,34,39). The van der Waals surface area contributed by atoms with E-state index in [1.807, 2.05) is 0 Å². The summed E-state index contributed by atoms with van der Waals surface area (Å²) in [6.45, 7) is 1.46. The van der Waals surface area contributed by atoms with Crippen LogP contribution in [-0.2, 0) is 12.4 Å². The number of hydrogen-bond donors (Lipinski definition) is 1. The number of carbonyl (C=O) groups is 1. The third kappa shape index (κ3) is 5.71. The largest absolute Gasteiger partial charge is 0.416 e. The first kappa shape index (κ1) is 27.6. The van der Waals surface area contributed by atoms with Crippen LogP contribution in [0.15, 0.2) is 71.5 Å². The molecule has 1 N–H and O–H groups in total. The Morgan fingerprint density at radius 1 is 0.923 bits per heavy atom. The average Bonchev–Trinajstić information content (AvgIpc) is 2.87. The number of benzene rings is 3. The lowest BCUT2D eigenvalue weighted by atomic mass is 10.1. The molecule has 0 saturated heterocycles. The van der Waals surface area contributed by atoms with Crippen molar-refractivity contribution in [1.29, 1.82) is 0 Å². The maximum absolute atomic E-state index is 13.6. The predicted octanol–water partition coefficient (Wildman–Crippen LogP) is 6.79. The number of nitrogens with one attached hydrogen (secondary N) is 1. The van der Waals surface area contributed by atoms with E-state index in [1.54, 1.807) is 18.2 Å². The van der Waals surface area contributed by atoms with Crippen LogP contribution in [-0.4, -0.2) is 27.5 Å². The number of nitrogens with zero attached hydrogens (tertiary/aromatic N) is 3. The van der Waals surface area contributed by atoms with Crippen molar-refractivity contribution in [1.82, 2.24) is 14.5 Å². The van der Waals surface area contributed by atoms with Gasteiger partial charge in [0.1, 0.15) is 11.6 Å². The second-order valence-corrected chi connectivity index (χ2v) is 8.62.